The van der Waals surface area contributed by atoms with E-state index < -0.39 is 0 Å². The van der Waals surface area contributed by atoms with Crippen molar-refractivity contribution < 1.29 is 9.78 Å². The van der Waals surface area contributed by atoms with Crippen LogP contribution >= 0.6 is 11.8 Å². The van der Waals surface area contributed by atoms with Crippen molar-refractivity contribution in [3.8, 4) is 0 Å². The predicted molar refractivity (Wildman–Crippen MR) is 35.7 cm³/mol. The Morgan fingerprint density at radius 1 is 1.11 bits per heavy atom. The zero-order valence-corrected chi connectivity index (χ0v) is 6.20. The summed E-state index contributed by atoms with van der Waals surface area (Å²) < 4.78 is 0. The van der Waals surface area contributed by atoms with Gasteiger partial charge in [0.15, 0.2) is 9.87 Å². The van der Waals surface area contributed by atoms with E-state index >= 15 is 0 Å². The highest BCUT2D eigenvalue weighted by Crippen LogP contribution is 2.52. The van der Waals surface area contributed by atoms with Gasteiger partial charge in [-0.1, -0.05) is 11.8 Å². The molecule has 0 aromatic heterocycles. The summed E-state index contributed by atoms with van der Waals surface area (Å²) in [6.07, 6.45) is 4.06. The van der Waals surface area contributed by atoms with E-state index in [-0.39, 0.29) is 9.87 Å². The van der Waals surface area contributed by atoms with Crippen LogP contribution in [0.5, 0.6) is 0 Å². The van der Waals surface area contributed by atoms with Crippen LogP contribution in [0.4, 0.5) is 0 Å². The third kappa shape index (κ3) is 0.723. The molecule has 2 nitrogen and oxygen atoms in total. The molecule has 0 radical (unpaired) electrons. The maximum Gasteiger partial charge on any atom is 0.167 e. The average molecular weight is 144 g/mol. The molecule has 2 rings (SSSR count). The third-order valence-electron chi connectivity index (χ3n) is 1.47. The van der Waals surface area contributed by atoms with Gasteiger partial charge in [0.1, 0.15) is 0 Å². The average Bonchev–Trinajstić information content (AvgIpc) is 2.19. The first kappa shape index (κ1) is 5.77. The standard InChI is InChI=1S/C6H8O2S/c1-5-3-4-6(2,9-5)8-7-5/h3-4H,1-2H3. The lowest BCUT2D eigenvalue weighted by Gasteiger charge is -2.13. The first-order valence-electron chi connectivity index (χ1n) is 2.89. The second-order valence-electron chi connectivity index (χ2n) is 2.63. The molecule has 1 fully saturated rings. The normalized spacial score (nSPS) is 54.9. The fourth-order valence-corrected chi connectivity index (χ4v) is 2.24. The van der Waals surface area contributed by atoms with Crippen LogP contribution in [-0.4, -0.2) is 9.87 Å². The first-order chi connectivity index (χ1) is 4.12. The largest absolute Gasteiger partial charge is 0.213 e. The molecule has 1 saturated heterocycles. The molecule has 2 unspecified atom stereocenters. The summed E-state index contributed by atoms with van der Waals surface area (Å²) >= 11 is 1.68. The van der Waals surface area contributed by atoms with E-state index in [0.717, 1.165) is 0 Å². The molecule has 9 heavy (non-hydrogen) atoms. The van der Waals surface area contributed by atoms with Crippen molar-refractivity contribution >= 4 is 11.8 Å². The lowest BCUT2D eigenvalue weighted by Crippen LogP contribution is -2.17. The molecule has 0 aromatic carbocycles. The van der Waals surface area contributed by atoms with Crippen molar-refractivity contribution in [2.24, 2.45) is 0 Å². The number of thioether (sulfide) groups is 1. The van der Waals surface area contributed by atoms with E-state index in [9.17, 15) is 0 Å². The Hall–Kier alpha value is 0.0100. The van der Waals surface area contributed by atoms with Crippen LogP contribution in [0.3, 0.4) is 0 Å². The summed E-state index contributed by atoms with van der Waals surface area (Å²) in [5.74, 6) is 0. The highest BCUT2D eigenvalue weighted by atomic mass is 32.2. The van der Waals surface area contributed by atoms with Gasteiger partial charge in [-0.15, -0.1) is 0 Å². The maximum absolute atomic E-state index is 5.02. The fourth-order valence-electron chi connectivity index (χ4n) is 1.03. The highest BCUT2D eigenvalue weighted by molar-refractivity contribution is 8.02. The SMILES string of the molecule is CC12C=CC(C)(OO1)S2. The van der Waals surface area contributed by atoms with Crippen LogP contribution in [0.1, 0.15) is 13.8 Å². The third-order valence-corrected chi connectivity index (χ3v) is 2.69. The molecule has 2 heterocycles. The molecule has 2 bridgehead atoms. The first-order valence-corrected chi connectivity index (χ1v) is 3.71. The molecule has 2 atom stereocenters. The molecular weight excluding hydrogens is 136 g/mol. The number of fused-ring (bicyclic) bond motifs is 2. The van der Waals surface area contributed by atoms with Crippen molar-refractivity contribution in [3.63, 3.8) is 0 Å². The second-order valence-corrected chi connectivity index (χ2v) is 4.46. The minimum absolute atomic E-state index is 0.214. The Morgan fingerprint density at radius 3 is 1.67 bits per heavy atom. The summed E-state index contributed by atoms with van der Waals surface area (Å²) in [7, 11) is 0. The van der Waals surface area contributed by atoms with Crippen molar-refractivity contribution in [3.05, 3.63) is 12.2 Å². The Labute approximate surface area is 58.1 Å². The predicted octanol–water partition coefficient (Wildman–Crippen LogP) is 1.68. The molecule has 0 amide bonds. The summed E-state index contributed by atoms with van der Waals surface area (Å²) in [5, 5.41) is 0. The van der Waals surface area contributed by atoms with E-state index in [1.54, 1.807) is 11.8 Å². The van der Waals surface area contributed by atoms with Gasteiger partial charge in [0.25, 0.3) is 0 Å². The molecule has 2 aliphatic heterocycles. The van der Waals surface area contributed by atoms with E-state index in [1.807, 2.05) is 26.0 Å². The Kier molecular flexibility index (Phi) is 0.872. The summed E-state index contributed by atoms with van der Waals surface area (Å²) in [5.41, 5.74) is 0. The molecule has 0 aliphatic carbocycles. The van der Waals surface area contributed by atoms with Gasteiger partial charge in [0, 0.05) is 0 Å². The van der Waals surface area contributed by atoms with Gasteiger partial charge in [-0.25, -0.2) is 9.78 Å². The van der Waals surface area contributed by atoms with Gasteiger partial charge in [-0.3, -0.25) is 0 Å². The van der Waals surface area contributed by atoms with Crippen LogP contribution in [0.15, 0.2) is 12.2 Å². The van der Waals surface area contributed by atoms with Gasteiger partial charge in [-0.2, -0.15) is 0 Å². The summed E-state index contributed by atoms with van der Waals surface area (Å²) in [4.78, 5) is 9.61. The van der Waals surface area contributed by atoms with Crippen molar-refractivity contribution in [1.29, 1.82) is 0 Å². The van der Waals surface area contributed by atoms with E-state index in [4.69, 9.17) is 9.78 Å². The second kappa shape index (κ2) is 1.36. The van der Waals surface area contributed by atoms with Crippen LogP contribution in [0, 0.1) is 0 Å². The molecule has 0 aromatic rings. The summed E-state index contributed by atoms with van der Waals surface area (Å²) in [6.45, 7) is 3.98. The van der Waals surface area contributed by atoms with Crippen LogP contribution < -0.4 is 0 Å². The molecule has 2 aliphatic rings. The number of hydrogen-bond acceptors (Lipinski definition) is 3. The molecule has 0 N–H and O–H groups in total. The van der Waals surface area contributed by atoms with Gasteiger partial charge >= 0.3 is 0 Å². The maximum atomic E-state index is 5.02. The Morgan fingerprint density at radius 2 is 1.56 bits per heavy atom. The van der Waals surface area contributed by atoms with Crippen LogP contribution in [0.2, 0.25) is 0 Å². The van der Waals surface area contributed by atoms with Gasteiger partial charge < -0.3 is 0 Å². The van der Waals surface area contributed by atoms with Crippen LogP contribution in [0.25, 0.3) is 0 Å². The zero-order valence-electron chi connectivity index (χ0n) is 5.38. The van der Waals surface area contributed by atoms with E-state index in [2.05, 4.69) is 0 Å². The summed E-state index contributed by atoms with van der Waals surface area (Å²) in [6, 6.07) is 0. The molecule has 0 saturated carbocycles. The van der Waals surface area contributed by atoms with Gasteiger partial charge in [-0.05, 0) is 26.0 Å². The molecule has 0 spiro atoms. The van der Waals surface area contributed by atoms with Crippen LogP contribution in [-0.2, 0) is 9.78 Å². The quantitative estimate of drug-likeness (QED) is 0.380. The van der Waals surface area contributed by atoms with Crippen molar-refractivity contribution in [2.75, 3.05) is 0 Å². The monoisotopic (exact) mass is 144 g/mol. The molecule has 50 valence electrons. The van der Waals surface area contributed by atoms with Gasteiger partial charge in [0.05, 0.1) is 0 Å². The van der Waals surface area contributed by atoms with Gasteiger partial charge in [0.2, 0.25) is 0 Å². The number of rotatable bonds is 0. The van der Waals surface area contributed by atoms with E-state index in [1.165, 1.54) is 0 Å². The molecule has 3 heteroatoms. The smallest absolute Gasteiger partial charge is 0.167 e. The minimum atomic E-state index is -0.214. The Balaban J connectivity index is 2.37. The lowest BCUT2D eigenvalue weighted by molar-refractivity contribution is -0.332. The highest BCUT2D eigenvalue weighted by Gasteiger charge is 2.49. The topological polar surface area (TPSA) is 18.5 Å². The van der Waals surface area contributed by atoms with Crippen molar-refractivity contribution in [2.45, 2.75) is 23.7 Å². The zero-order chi connectivity index (χ0) is 6.54. The number of hydrogen-bond donors (Lipinski definition) is 0. The van der Waals surface area contributed by atoms with E-state index in [0.29, 0.717) is 0 Å². The fraction of sp³-hybridized carbons (Fsp3) is 0.667. The minimum Gasteiger partial charge on any atom is -0.213 e. The lowest BCUT2D eigenvalue weighted by atomic mass is 10.3. The molecular formula is C6H8O2S. The van der Waals surface area contributed by atoms with Crippen molar-refractivity contribution in [1.82, 2.24) is 0 Å². The Bertz CT molecular complexity index is 162.